The summed E-state index contributed by atoms with van der Waals surface area (Å²) in [6.45, 7) is 0. The van der Waals surface area contributed by atoms with E-state index in [4.69, 9.17) is 4.52 Å². The van der Waals surface area contributed by atoms with Gasteiger partial charge in [0.05, 0.1) is 0 Å². The van der Waals surface area contributed by atoms with Crippen molar-refractivity contribution in [3.05, 3.63) is 78.8 Å². The van der Waals surface area contributed by atoms with Gasteiger partial charge in [0, 0.05) is 29.7 Å². The molecule has 0 fully saturated rings. The van der Waals surface area contributed by atoms with Gasteiger partial charge in [-0.25, -0.2) is 0 Å². The van der Waals surface area contributed by atoms with Crippen LogP contribution < -0.4 is 5.32 Å². The van der Waals surface area contributed by atoms with Crippen molar-refractivity contribution in [2.24, 2.45) is 0 Å². The van der Waals surface area contributed by atoms with Crippen LogP contribution in [-0.2, 0) is 0 Å². The van der Waals surface area contributed by atoms with Crippen LogP contribution >= 0.6 is 0 Å². The molecule has 0 aliphatic carbocycles. The molecular weight excluding hydrogens is 302 g/mol. The standard InChI is InChI=1S/C19H13N3O2/c23-19(17-11-18(24-22-17)15-6-3-9-20-12-15)21-16-8-7-13-4-1-2-5-14(13)10-16/h1-12H,(H,21,23). The summed E-state index contributed by atoms with van der Waals surface area (Å²) >= 11 is 0. The fourth-order valence-electron chi connectivity index (χ4n) is 2.49. The van der Waals surface area contributed by atoms with Crippen molar-refractivity contribution in [2.45, 2.75) is 0 Å². The fraction of sp³-hybridized carbons (Fsp3) is 0. The van der Waals surface area contributed by atoms with Crippen LogP contribution in [0.1, 0.15) is 10.5 Å². The molecule has 0 bridgehead atoms. The van der Waals surface area contributed by atoms with Gasteiger partial charge in [-0.05, 0) is 35.0 Å². The van der Waals surface area contributed by atoms with Crippen molar-refractivity contribution in [2.75, 3.05) is 5.32 Å². The third kappa shape index (κ3) is 2.75. The summed E-state index contributed by atoms with van der Waals surface area (Å²) in [5.74, 6) is 0.191. The Hall–Kier alpha value is -3.47. The Bertz CT molecular complexity index is 1010. The zero-order valence-corrected chi connectivity index (χ0v) is 12.6. The van der Waals surface area contributed by atoms with Gasteiger partial charge in [-0.15, -0.1) is 0 Å². The number of rotatable bonds is 3. The molecule has 0 aliphatic heterocycles. The van der Waals surface area contributed by atoms with Crippen molar-refractivity contribution >= 4 is 22.4 Å². The number of carbonyl (C=O) groups excluding carboxylic acids is 1. The molecule has 5 heteroatoms. The molecule has 0 saturated heterocycles. The number of nitrogens with zero attached hydrogens (tertiary/aromatic N) is 2. The van der Waals surface area contributed by atoms with E-state index in [1.807, 2.05) is 48.5 Å². The summed E-state index contributed by atoms with van der Waals surface area (Å²) in [5.41, 5.74) is 1.71. The number of carbonyl (C=O) groups is 1. The first-order valence-corrected chi connectivity index (χ1v) is 7.47. The summed E-state index contributed by atoms with van der Waals surface area (Å²) in [5, 5.41) is 8.86. The Morgan fingerprint density at radius 1 is 0.958 bits per heavy atom. The number of hydrogen-bond acceptors (Lipinski definition) is 4. The van der Waals surface area contributed by atoms with Crippen LogP contribution in [-0.4, -0.2) is 16.0 Å². The monoisotopic (exact) mass is 315 g/mol. The van der Waals surface area contributed by atoms with E-state index in [2.05, 4.69) is 15.5 Å². The molecule has 2 aromatic carbocycles. The molecule has 5 nitrogen and oxygen atoms in total. The number of nitrogens with one attached hydrogen (secondary N) is 1. The Morgan fingerprint density at radius 2 is 1.83 bits per heavy atom. The van der Waals surface area contributed by atoms with Gasteiger partial charge in [-0.1, -0.05) is 35.5 Å². The first-order chi connectivity index (χ1) is 11.8. The maximum Gasteiger partial charge on any atom is 0.277 e. The highest BCUT2D eigenvalue weighted by Gasteiger charge is 2.14. The average Bonchev–Trinajstić information content (AvgIpc) is 3.13. The Labute approximate surface area is 137 Å². The summed E-state index contributed by atoms with van der Waals surface area (Å²) in [6.07, 6.45) is 3.33. The van der Waals surface area contributed by atoms with Crippen molar-refractivity contribution in [1.29, 1.82) is 0 Å². The minimum Gasteiger partial charge on any atom is -0.355 e. The summed E-state index contributed by atoms with van der Waals surface area (Å²) < 4.78 is 5.23. The lowest BCUT2D eigenvalue weighted by atomic mass is 10.1. The number of benzene rings is 2. The second kappa shape index (κ2) is 5.96. The lowest BCUT2D eigenvalue weighted by molar-refractivity contribution is 0.101. The normalized spacial score (nSPS) is 10.7. The summed E-state index contributed by atoms with van der Waals surface area (Å²) in [6, 6.07) is 19.0. The predicted molar refractivity (Wildman–Crippen MR) is 91.6 cm³/mol. The number of fused-ring (bicyclic) bond motifs is 1. The Kier molecular flexibility index (Phi) is 3.51. The van der Waals surface area contributed by atoms with Crippen LogP contribution in [0.5, 0.6) is 0 Å². The average molecular weight is 315 g/mol. The molecule has 0 saturated carbocycles. The van der Waals surface area contributed by atoms with E-state index < -0.39 is 0 Å². The van der Waals surface area contributed by atoms with Gasteiger partial charge in [-0.3, -0.25) is 9.78 Å². The molecule has 0 spiro atoms. The highest BCUT2D eigenvalue weighted by atomic mass is 16.5. The molecule has 4 aromatic rings. The van der Waals surface area contributed by atoms with Crippen LogP contribution in [0.2, 0.25) is 0 Å². The van der Waals surface area contributed by atoms with Crippen LogP contribution in [0, 0.1) is 0 Å². The molecule has 4 rings (SSSR count). The van der Waals surface area contributed by atoms with Crippen molar-refractivity contribution in [1.82, 2.24) is 10.1 Å². The van der Waals surface area contributed by atoms with Gasteiger partial charge in [-0.2, -0.15) is 0 Å². The predicted octanol–water partition coefficient (Wildman–Crippen LogP) is 4.14. The number of hydrogen-bond donors (Lipinski definition) is 1. The Balaban J connectivity index is 1.56. The van der Waals surface area contributed by atoms with Gasteiger partial charge in [0.1, 0.15) is 0 Å². The van der Waals surface area contributed by atoms with Gasteiger partial charge >= 0.3 is 0 Å². The quantitative estimate of drug-likeness (QED) is 0.617. The molecule has 1 amide bonds. The molecule has 24 heavy (non-hydrogen) atoms. The van der Waals surface area contributed by atoms with Crippen molar-refractivity contribution in [3.8, 4) is 11.3 Å². The van der Waals surface area contributed by atoms with E-state index in [1.54, 1.807) is 24.5 Å². The topological polar surface area (TPSA) is 68.0 Å². The third-order valence-corrected chi connectivity index (χ3v) is 3.70. The fourth-order valence-corrected chi connectivity index (χ4v) is 2.49. The molecule has 116 valence electrons. The third-order valence-electron chi connectivity index (χ3n) is 3.70. The first-order valence-electron chi connectivity index (χ1n) is 7.47. The molecule has 2 heterocycles. The zero-order chi connectivity index (χ0) is 16.4. The second-order valence-corrected chi connectivity index (χ2v) is 5.33. The number of anilines is 1. The number of aromatic nitrogens is 2. The van der Waals surface area contributed by atoms with Gasteiger partial charge in [0.15, 0.2) is 11.5 Å². The van der Waals surface area contributed by atoms with Crippen molar-refractivity contribution < 1.29 is 9.32 Å². The maximum absolute atomic E-state index is 12.3. The highest BCUT2D eigenvalue weighted by Crippen LogP contribution is 2.21. The smallest absolute Gasteiger partial charge is 0.277 e. The maximum atomic E-state index is 12.3. The second-order valence-electron chi connectivity index (χ2n) is 5.33. The molecule has 0 radical (unpaired) electrons. The first kappa shape index (κ1) is 14.1. The van der Waals surface area contributed by atoms with E-state index in [-0.39, 0.29) is 11.6 Å². The van der Waals surface area contributed by atoms with E-state index in [9.17, 15) is 4.79 Å². The zero-order valence-electron chi connectivity index (χ0n) is 12.6. The van der Waals surface area contributed by atoms with Gasteiger partial charge in [0.2, 0.25) is 0 Å². The van der Waals surface area contributed by atoms with Crippen LogP contribution in [0.25, 0.3) is 22.1 Å². The SMILES string of the molecule is O=C(Nc1ccc2ccccc2c1)c1cc(-c2cccnc2)on1. The van der Waals surface area contributed by atoms with E-state index in [1.165, 1.54) is 0 Å². The largest absolute Gasteiger partial charge is 0.355 e. The highest BCUT2D eigenvalue weighted by molar-refractivity contribution is 6.04. The van der Waals surface area contributed by atoms with Gasteiger partial charge < -0.3 is 9.84 Å². The van der Waals surface area contributed by atoms with Gasteiger partial charge in [0.25, 0.3) is 5.91 Å². The molecule has 0 aliphatic rings. The number of amides is 1. The van der Waals surface area contributed by atoms with E-state index in [0.29, 0.717) is 11.4 Å². The van der Waals surface area contributed by atoms with Crippen LogP contribution in [0.4, 0.5) is 5.69 Å². The minimum absolute atomic E-state index is 0.224. The lowest BCUT2D eigenvalue weighted by Gasteiger charge is -2.04. The van der Waals surface area contributed by atoms with E-state index in [0.717, 1.165) is 16.3 Å². The lowest BCUT2D eigenvalue weighted by Crippen LogP contribution is -2.12. The molecule has 0 unspecified atom stereocenters. The minimum atomic E-state index is -0.316. The van der Waals surface area contributed by atoms with Crippen LogP contribution in [0.15, 0.2) is 77.6 Å². The Morgan fingerprint density at radius 3 is 2.67 bits per heavy atom. The summed E-state index contributed by atoms with van der Waals surface area (Å²) in [4.78, 5) is 16.4. The number of pyridine rings is 1. The van der Waals surface area contributed by atoms with E-state index >= 15 is 0 Å². The summed E-state index contributed by atoms with van der Waals surface area (Å²) in [7, 11) is 0. The van der Waals surface area contributed by atoms with Crippen LogP contribution in [0.3, 0.4) is 0 Å². The molecular formula is C19H13N3O2. The van der Waals surface area contributed by atoms with Crippen molar-refractivity contribution in [3.63, 3.8) is 0 Å². The molecule has 1 N–H and O–H groups in total. The molecule has 0 atom stereocenters. The molecule has 2 aromatic heterocycles.